The Morgan fingerprint density at radius 2 is 2.29 bits per heavy atom. The van der Waals surface area contributed by atoms with Crippen LogP contribution in [0.2, 0.25) is 0 Å². The van der Waals surface area contributed by atoms with Crippen molar-refractivity contribution >= 4 is 11.8 Å². The lowest BCUT2D eigenvalue weighted by Gasteiger charge is -2.33. The van der Waals surface area contributed by atoms with E-state index in [0.29, 0.717) is 5.37 Å². The lowest BCUT2D eigenvalue weighted by Crippen LogP contribution is -2.50. The molecular formula is C13H24N2OS. The van der Waals surface area contributed by atoms with Crippen LogP contribution in [0, 0.1) is 17.8 Å². The molecule has 0 amide bonds. The van der Waals surface area contributed by atoms with Crippen molar-refractivity contribution in [2.24, 2.45) is 17.8 Å². The first-order chi connectivity index (χ1) is 8.29. The lowest BCUT2D eigenvalue weighted by atomic mass is 9.80. The van der Waals surface area contributed by atoms with Crippen LogP contribution in [0.5, 0.6) is 0 Å². The maximum absolute atomic E-state index is 9.90. The molecule has 2 aliphatic heterocycles. The van der Waals surface area contributed by atoms with Crippen LogP contribution < -0.4 is 10.6 Å². The molecule has 98 valence electrons. The molecule has 0 aromatic carbocycles. The van der Waals surface area contributed by atoms with Crippen LogP contribution in [0.1, 0.15) is 32.6 Å². The minimum absolute atomic E-state index is 0.0766. The van der Waals surface area contributed by atoms with Crippen molar-refractivity contribution in [2.45, 2.75) is 49.3 Å². The summed E-state index contributed by atoms with van der Waals surface area (Å²) in [6.45, 7) is 4.23. The van der Waals surface area contributed by atoms with Gasteiger partial charge in [-0.2, -0.15) is 0 Å². The van der Waals surface area contributed by atoms with E-state index >= 15 is 0 Å². The molecular weight excluding hydrogens is 232 g/mol. The van der Waals surface area contributed by atoms with E-state index < -0.39 is 0 Å². The third-order valence-electron chi connectivity index (χ3n) is 4.85. The Kier molecular flexibility index (Phi) is 3.67. The molecule has 4 heteroatoms. The van der Waals surface area contributed by atoms with Crippen LogP contribution in [0.15, 0.2) is 0 Å². The quantitative estimate of drug-likeness (QED) is 0.714. The van der Waals surface area contributed by atoms with Crippen LogP contribution in [0.3, 0.4) is 0 Å². The van der Waals surface area contributed by atoms with Crippen LogP contribution in [-0.2, 0) is 0 Å². The van der Waals surface area contributed by atoms with Crippen molar-refractivity contribution in [3.63, 3.8) is 0 Å². The molecule has 0 aromatic heterocycles. The number of nitrogens with one attached hydrogen (secondary N) is 2. The first kappa shape index (κ1) is 12.3. The number of thioether (sulfide) groups is 1. The summed E-state index contributed by atoms with van der Waals surface area (Å²) in [6, 6.07) is 0. The van der Waals surface area contributed by atoms with Gasteiger partial charge in [-0.15, -0.1) is 11.8 Å². The van der Waals surface area contributed by atoms with Crippen LogP contribution in [0.25, 0.3) is 0 Å². The van der Waals surface area contributed by atoms with E-state index in [-0.39, 0.29) is 6.10 Å². The lowest BCUT2D eigenvalue weighted by molar-refractivity contribution is 0.113. The highest BCUT2D eigenvalue weighted by Gasteiger charge is 2.51. The van der Waals surface area contributed by atoms with Gasteiger partial charge >= 0.3 is 0 Å². The molecule has 1 saturated carbocycles. The van der Waals surface area contributed by atoms with Gasteiger partial charge in [0.25, 0.3) is 0 Å². The molecule has 6 atom stereocenters. The van der Waals surface area contributed by atoms with E-state index in [0.717, 1.165) is 42.5 Å². The summed E-state index contributed by atoms with van der Waals surface area (Å²) in [6.07, 6.45) is 4.56. The van der Waals surface area contributed by atoms with E-state index in [2.05, 4.69) is 29.3 Å². The molecule has 0 aromatic rings. The molecule has 0 radical (unpaired) electrons. The van der Waals surface area contributed by atoms with Crippen molar-refractivity contribution in [3.05, 3.63) is 0 Å². The number of aliphatic hydroxyl groups excluding tert-OH is 1. The summed E-state index contributed by atoms with van der Waals surface area (Å²) in [5, 5.41) is 18.5. The van der Waals surface area contributed by atoms with E-state index in [1.807, 2.05) is 0 Å². The van der Waals surface area contributed by atoms with Crippen molar-refractivity contribution in [1.82, 2.24) is 10.6 Å². The summed E-state index contributed by atoms with van der Waals surface area (Å²) in [5.74, 6) is 2.39. The SMILES string of the molecule is CC[C@H](O)C[C@H]1CCC2SC3NCNCC3C21. The molecule has 0 bridgehead atoms. The van der Waals surface area contributed by atoms with Gasteiger partial charge in [0.1, 0.15) is 0 Å². The molecule has 1 aliphatic carbocycles. The van der Waals surface area contributed by atoms with Gasteiger partial charge in [-0.3, -0.25) is 5.32 Å². The first-order valence-corrected chi connectivity index (χ1v) is 8.01. The Morgan fingerprint density at radius 1 is 1.41 bits per heavy atom. The van der Waals surface area contributed by atoms with Gasteiger partial charge in [-0.25, -0.2) is 0 Å². The fraction of sp³-hybridized carbons (Fsp3) is 1.00. The fourth-order valence-corrected chi connectivity index (χ4v) is 5.90. The van der Waals surface area contributed by atoms with Gasteiger partial charge in [0.2, 0.25) is 0 Å². The van der Waals surface area contributed by atoms with Crippen LogP contribution >= 0.6 is 11.8 Å². The molecule has 2 heterocycles. The van der Waals surface area contributed by atoms with Gasteiger partial charge in [0.15, 0.2) is 0 Å². The summed E-state index contributed by atoms with van der Waals surface area (Å²) in [5.41, 5.74) is 0. The average Bonchev–Trinajstić information content (AvgIpc) is 2.89. The number of rotatable bonds is 3. The molecule has 0 spiro atoms. The fourth-order valence-electron chi connectivity index (χ4n) is 3.99. The molecule has 3 rings (SSSR count). The van der Waals surface area contributed by atoms with Crippen LogP contribution in [-0.4, -0.2) is 35.0 Å². The van der Waals surface area contributed by atoms with E-state index in [9.17, 15) is 5.11 Å². The highest BCUT2D eigenvalue weighted by Crippen LogP contribution is 2.54. The second kappa shape index (κ2) is 5.08. The molecule has 3 N–H and O–H groups in total. The van der Waals surface area contributed by atoms with Gasteiger partial charge in [0, 0.05) is 24.4 Å². The first-order valence-electron chi connectivity index (χ1n) is 7.07. The Bertz CT molecular complexity index is 276. The van der Waals surface area contributed by atoms with Crippen LogP contribution in [0.4, 0.5) is 0 Å². The zero-order chi connectivity index (χ0) is 11.8. The van der Waals surface area contributed by atoms with Crippen molar-refractivity contribution in [2.75, 3.05) is 13.2 Å². The maximum atomic E-state index is 9.90. The Balaban J connectivity index is 1.68. The van der Waals surface area contributed by atoms with E-state index in [4.69, 9.17) is 0 Å². The normalized spacial score (nSPS) is 46.6. The zero-order valence-electron chi connectivity index (χ0n) is 10.6. The second-order valence-electron chi connectivity index (χ2n) is 5.81. The van der Waals surface area contributed by atoms with E-state index in [1.165, 1.54) is 19.4 Å². The summed E-state index contributed by atoms with van der Waals surface area (Å²) >= 11 is 2.17. The molecule has 17 heavy (non-hydrogen) atoms. The monoisotopic (exact) mass is 256 g/mol. The second-order valence-corrected chi connectivity index (χ2v) is 7.19. The summed E-state index contributed by atoms with van der Waals surface area (Å²) in [4.78, 5) is 0. The predicted molar refractivity (Wildman–Crippen MR) is 71.8 cm³/mol. The number of aliphatic hydroxyl groups is 1. The summed E-state index contributed by atoms with van der Waals surface area (Å²) < 4.78 is 0. The minimum Gasteiger partial charge on any atom is -0.393 e. The Morgan fingerprint density at radius 3 is 3.12 bits per heavy atom. The smallest absolute Gasteiger partial charge is 0.0588 e. The third kappa shape index (κ3) is 2.25. The van der Waals surface area contributed by atoms with Crippen molar-refractivity contribution < 1.29 is 5.11 Å². The molecule has 2 saturated heterocycles. The highest BCUT2D eigenvalue weighted by molar-refractivity contribution is 8.00. The number of hydrogen-bond donors (Lipinski definition) is 3. The largest absolute Gasteiger partial charge is 0.393 e. The Labute approximate surface area is 108 Å². The molecule has 4 unspecified atom stereocenters. The number of hydrogen-bond acceptors (Lipinski definition) is 4. The van der Waals surface area contributed by atoms with Crippen molar-refractivity contribution in [3.8, 4) is 0 Å². The number of fused-ring (bicyclic) bond motifs is 3. The highest BCUT2D eigenvalue weighted by atomic mass is 32.2. The van der Waals surface area contributed by atoms with Gasteiger partial charge in [0.05, 0.1) is 11.5 Å². The Hall–Kier alpha value is 0.230. The van der Waals surface area contributed by atoms with Crippen molar-refractivity contribution in [1.29, 1.82) is 0 Å². The van der Waals surface area contributed by atoms with Gasteiger partial charge < -0.3 is 10.4 Å². The zero-order valence-corrected chi connectivity index (χ0v) is 11.4. The topological polar surface area (TPSA) is 44.3 Å². The van der Waals surface area contributed by atoms with Gasteiger partial charge in [-0.05, 0) is 37.5 Å². The minimum atomic E-state index is -0.0766. The van der Waals surface area contributed by atoms with Gasteiger partial charge in [-0.1, -0.05) is 6.92 Å². The maximum Gasteiger partial charge on any atom is 0.0588 e. The van der Waals surface area contributed by atoms with E-state index in [1.54, 1.807) is 0 Å². The third-order valence-corrected chi connectivity index (χ3v) is 6.56. The molecule has 3 aliphatic rings. The molecule has 3 fully saturated rings. The summed E-state index contributed by atoms with van der Waals surface area (Å²) in [7, 11) is 0. The molecule has 3 nitrogen and oxygen atoms in total. The standard InChI is InChI=1S/C13H24N2OS/c1-2-9(16)5-8-3-4-11-12(8)10-6-14-7-15-13(10)17-11/h8-16H,2-7H2,1H3/t8-,9+,10?,11?,12?,13?/m1/s1. The average molecular weight is 256 g/mol. The predicted octanol–water partition coefficient (Wildman–Crippen LogP) is 1.38.